The molecule has 2 amide bonds. The van der Waals surface area contributed by atoms with E-state index in [0.29, 0.717) is 19.4 Å². The molecule has 1 aliphatic carbocycles. The Labute approximate surface area is 126 Å². The highest BCUT2D eigenvalue weighted by Crippen LogP contribution is 2.45. The normalized spacial score (nSPS) is 30.4. The van der Waals surface area contributed by atoms with E-state index in [-0.39, 0.29) is 23.5 Å². The molecule has 2 unspecified atom stereocenters. The molecule has 0 bridgehead atoms. The predicted octanol–water partition coefficient (Wildman–Crippen LogP) is 0.327. The standard InChI is InChI=1S/C14H24N2O4S/c1-4-11-12(17)16(8-5-9-21(3,19)20)14(2,10-6-7-10)13(18)15-11/h10-11H,4-9H2,1-3H3,(H,15,18). The van der Waals surface area contributed by atoms with Crippen molar-refractivity contribution in [2.75, 3.05) is 18.6 Å². The highest BCUT2D eigenvalue weighted by molar-refractivity contribution is 7.90. The molecule has 2 atom stereocenters. The van der Waals surface area contributed by atoms with Gasteiger partial charge >= 0.3 is 0 Å². The second kappa shape index (κ2) is 5.59. The molecule has 1 heterocycles. The molecule has 1 saturated carbocycles. The fourth-order valence-electron chi connectivity index (χ4n) is 3.06. The molecule has 0 aromatic heterocycles. The summed E-state index contributed by atoms with van der Waals surface area (Å²) < 4.78 is 22.5. The third kappa shape index (κ3) is 3.22. The summed E-state index contributed by atoms with van der Waals surface area (Å²) in [6.45, 7) is 3.99. The highest BCUT2D eigenvalue weighted by Gasteiger charge is 2.56. The average molecular weight is 316 g/mol. The first-order valence-corrected chi connectivity index (χ1v) is 9.56. The van der Waals surface area contributed by atoms with Crippen LogP contribution in [0, 0.1) is 5.92 Å². The Morgan fingerprint density at radius 3 is 2.43 bits per heavy atom. The summed E-state index contributed by atoms with van der Waals surface area (Å²) in [6, 6.07) is -0.484. The van der Waals surface area contributed by atoms with Gasteiger partial charge in [0.2, 0.25) is 11.8 Å². The second-order valence-corrected chi connectivity index (χ2v) is 8.59. The Balaban J connectivity index is 2.17. The van der Waals surface area contributed by atoms with E-state index in [0.717, 1.165) is 12.8 Å². The monoisotopic (exact) mass is 316 g/mol. The van der Waals surface area contributed by atoms with Crippen LogP contribution in [0.3, 0.4) is 0 Å². The number of hydrogen-bond donors (Lipinski definition) is 1. The third-order valence-corrected chi connectivity index (χ3v) is 5.60. The van der Waals surface area contributed by atoms with Crippen LogP contribution in [0.5, 0.6) is 0 Å². The molecule has 6 nitrogen and oxygen atoms in total. The summed E-state index contributed by atoms with van der Waals surface area (Å²) in [5.74, 6) is 0.0453. The van der Waals surface area contributed by atoms with Crippen molar-refractivity contribution in [1.29, 1.82) is 0 Å². The zero-order chi connectivity index (χ0) is 15.8. The molecule has 0 aromatic carbocycles. The number of piperazine rings is 1. The van der Waals surface area contributed by atoms with E-state index in [4.69, 9.17) is 0 Å². The second-order valence-electron chi connectivity index (χ2n) is 6.33. The van der Waals surface area contributed by atoms with Crippen LogP contribution in [-0.2, 0) is 19.4 Å². The summed E-state index contributed by atoms with van der Waals surface area (Å²) in [5, 5.41) is 2.82. The van der Waals surface area contributed by atoms with Gasteiger partial charge in [-0.2, -0.15) is 0 Å². The molecule has 0 radical (unpaired) electrons. The molecule has 120 valence electrons. The molecule has 0 aromatic rings. The van der Waals surface area contributed by atoms with Gasteiger partial charge in [0.05, 0.1) is 5.75 Å². The molecule has 1 N–H and O–H groups in total. The average Bonchev–Trinajstić information content (AvgIpc) is 3.21. The van der Waals surface area contributed by atoms with Gasteiger partial charge in [-0.3, -0.25) is 9.59 Å². The van der Waals surface area contributed by atoms with E-state index in [1.807, 2.05) is 13.8 Å². The number of sulfone groups is 1. The molecule has 21 heavy (non-hydrogen) atoms. The van der Waals surface area contributed by atoms with E-state index in [2.05, 4.69) is 5.32 Å². The number of nitrogens with one attached hydrogen (secondary N) is 1. The summed E-state index contributed by atoms with van der Waals surface area (Å²) in [5.41, 5.74) is -0.819. The number of carbonyl (C=O) groups is 2. The minimum absolute atomic E-state index is 0.0376. The lowest BCUT2D eigenvalue weighted by Crippen LogP contribution is -2.70. The van der Waals surface area contributed by atoms with Crippen LogP contribution in [0.1, 0.15) is 39.5 Å². The molecular weight excluding hydrogens is 292 g/mol. The lowest BCUT2D eigenvalue weighted by Gasteiger charge is -2.46. The van der Waals surface area contributed by atoms with Crippen molar-refractivity contribution in [3.8, 4) is 0 Å². The van der Waals surface area contributed by atoms with E-state index < -0.39 is 21.4 Å². The Kier molecular flexibility index (Phi) is 4.33. The maximum atomic E-state index is 12.6. The summed E-state index contributed by atoms with van der Waals surface area (Å²) >= 11 is 0. The number of nitrogens with zero attached hydrogens (tertiary/aromatic N) is 1. The van der Waals surface area contributed by atoms with Crippen LogP contribution in [0.2, 0.25) is 0 Å². The minimum Gasteiger partial charge on any atom is -0.342 e. The van der Waals surface area contributed by atoms with Gasteiger partial charge in [0.1, 0.15) is 21.4 Å². The summed E-state index contributed by atoms with van der Waals surface area (Å²) in [6.07, 6.45) is 3.99. The van der Waals surface area contributed by atoms with Gasteiger partial charge in [0, 0.05) is 12.8 Å². The van der Waals surface area contributed by atoms with Gasteiger partial charge < -0.3 is 10.2 Å². The zero-order valence-electron chi connectivity index (χ0n) is 12.9. The summed E-state index contributed by atoms with van der Waals surface area (Å²) in [7, 11) is -3.06. The Bertz CT molecular complexity index is 541. The van der Waals surface area contributed by atoms with E-state index in [1.54, 1.807) is 4.90 Å². The van der Waals surface area contributed by atoms with Crippen molar-refractivity contribution in [3.63, 3.8) is 0 Å². The van der Waals surface area contributed by atoms with Crippen molar-refractivity contribution in [3.05, 3.63) is 0 Å². The first-order chi connectivity index (χ1) is 9.70. The van der Waals surface area contributed by atoms with Crippen molar-refractivity contribution < 1.29 is 18.0 Å². The topological polar surface area (TPSA) is 83.6 Å². The van der Waals surface area contributed by atoms with Crippen molar-refractivity contribution in [2.45, 2.75) is 51.1 Å². The lowest BCUT2D eigenvalue weighted by molar-refractivity contribution is -0.158. The lowest BCUT2D eigenvalue weighted by atomic mass is 9.87. The van der Waals surface area contributed by atoms with Gasteiger partial charge in [-0.25, -0.2) is 8.42 Å². The van der Waals surface area contributed by atoms with Crippen LogP contribution >= 0.6 is 0 Å². The van der Waals surface area contributed by atoms with E-state index in [9.17, 15) is 18.0 Å². The maximum absolute atomic E-state index is 12.6. The SMILES string of the molecule is CCC1NC(=O)C(C)(C2CC2)N(CCCS(C)(=O)=O)C1=O. The zero-order valence-corrected chi connectivity index (χ0v) is 13.7. The Morgan fingerprint density at radius 1 is 1.33 bits per heavy atom. The molecule has 2 rings (SSSR count). The van der Waals surface area contributed by atoms with Crippen molar-refractivity contribution in [2.24, 2.45) is 5.92 Å². The third-order valence-electron chi connectivity index (χ3n) is 4.57. The first kappa shape index (κ1) is 16.3. The number of hydrogen-bond acceptors (Lipinski definition) is 4. The van der Waals surface area contributed by atoms with Crippen LogP contribution in [-0.4, -0.2) is 55.3 Å². The highest BCUT2D eigenvalue weighted by atomic mass is 32.2. The van der Waals surface area contributed by atoms with E-state index >= 15 is 0 Å². The smallest absolute Gasteiger partial charge is 0.246 e. The Morgan fingerprint density at radius 2 is 1.95 bits per heavy atom. The summed E-state index contributed by atoms with van der Waals surface area (Å²) in [4.78, 5) is 26.7. The van der Waals surface area contributed by atoms with E-state index in [1.165, 1.54) is 6.26 Å². The van der Waals surface area contributed by atoms with Crippen molar-refractivity contribution in [1.82, 2.24) is 10.2 Å². The Hall–Kier alpha value is -1.11. The molecule has 2 aliphatic rings. The molecule has 1 saturated heterocycles. The largest absolute Gasteiger partial charge is 0.342 e. The molecule has 2 fully saturated rings. The van der Waals surface area contributed by atoms with Gasteiger partial charge in [0.15, 0.2) is 0 Å². The van der Waals surface area contributed by atoms with Crippen LogP contribution in [0.4, 0.5) is 0 Å². The van der Waals surface area contributed by atoms with Gasteiger partial charge in [-0.1, -0.05) is 6.92 Å². The number of amides is 2. The number of carbonyl (C=O) groups excluding carboxylic acids is 2. The fraction of sp³-hybridized carbons (Fsp3) is 0.857. The van der Waals surface area contributed by atoms with Crippen LogP contribution in [0.25, 0.3) is 0 Å². The van der Waals surface area contributed by atoms with Crippen molar-refractivity contribution >= 4 is 21.7 Å². The molecule has 1 aliphatic heterocycles. The first-order valence-electron chi connectivity index (χ1n) is 7.50. The quantitative estimate of drug-likeness (QED) is 0.765. The van der Waals surface area contributed by atoms with Crippen LogP contribution in [0.15, 0.2) is 0 Å². The van der Waals surface area contributed by atoms with Gasteiger partial charge in [-0.15, -0.1) is 0 Å². The minimum atomic E-state index is -3.06. The fourth-order valence-corrected chi connectivity index (χ4v) is 3.71. The molecule has 0 spiro atoms. The van der Waals surface area contributed by atoms with Gasteiger partial charge in [-0.05, 0) is 38.5 Å². The predicted molar refractivity (Wildman–Crippen MR) is 79.4 cm³/mol. The van der Waals surface area contributed by atoms with Crippen LogP contribution < -0.4 is 5.32 Å². The maximum Gasteiger partial charge on any atom is 0.246 e. The molecule has 7 heteroatoms. The number of rotatable bonds is 6. The molecular formula is C14H24N2O4S. The van der Waals surface area contributed by atoms with Gasteiger partial charge in [0.25, 0.3) is 0 Å².